The first-order chi connectivity index (χ1) is 12.9. The zero-order valence-electron chi connectivity index (χ0n) is 15.8. The number of aryl methyl sites for hydroxylation is 1. The van der Waals surface area contributed by atoms with Crippen LogP contribution >= 0.6 is 0 Å². The summed E-state index contributed by atoms with van der Waals surface area (Å²) in [6.45, 7) is 0. The summed E-state index contributed by atoms with van der Waals surface area (Å²) in [7, 11) is 0. The van der Waals surface area contributed by atoms with Crippen LogP contribution in [0.5, 0.6) is 0 Å². The Morgan fingerprint density at radius 2 is 1.00 bits per heavy atom. The molecule has 0 aliphatic carbocycles. The van der Waals surface area contributed by atoms with Crippen molar-refractivity contribution in [3.63, 3.8) is 0 Å². The van der Waals surface area contributed by atoms with E-state index >= 15 is 0 Å². The molecule has 0 saturated carbocycles. The van der Waals surface area contributed by atoms with Crippen LogP contribution in [0.25, 0.3) is 0 Å². The molecule has 0 radical (unpaired) electrons. The molecule has 0 unspecified atom stereocenters. The molecule has 0 bridgehead atoms. The highest BCUT2D eigenvalue weighted by molar-refractivity contribution is 5.94. The van der Waals surface area contributed by atoms with Crippen LogP contribution in [0, 0.1) is 0 Å². The molecule has 6 heteroatoms. The number of carboxylic acid groups (broad SMARTS) is 3. The van der Waals surface area contributed by atoms with E-state index in [1.54, 1.807) is 12.1 Å². The molecule has 150 valence electrons. The number of carbonyl (C=O) groups is 3. The zero-order valence-corrected chi connectivity index (χ0v) is 15.8. The Kier molecular flexibility index (Phi) is 10.8. The van der Waals surface area contributed by atoms with Gasteiger partial charge in [-0.1, -0.05) is 51.4 Å². The standard InChI is InChI=1S/C21H30O6/c22-19(23)12-10-8-6-4-2-1-3-5-7-9-11-16-13-17(20(24)25)15-18(14-16)21(26)27/h13-15H,1-12H2,(H,22,23)(H,24,25)(H,26,27). The van der Waals surface area contributed by atoms with Gasteiger partial charge in [-0.15, -0.1) is 0 Å². The maximum atomic E-state index is 11.1. The molecule has 0 atom stereocenters. The van der Waals surface area contributed by atoms with Crippen LogP contribution in [0.2, 0.25) is 0 Å². The van der Waals surface area contributed by atoms with Gasteiger partial charge >= 0.3 is 17.9 Å². The molecule has 0 spiro atoms. The number of hydrogen-bond donors (Lipinski definition) is 3. The van der Waals surface area contributed by atoms with Crippen LogP contribution < -0.4 is 0 Å². The Bertz CT molecular complexity index is 591. The molecule has 0 aromatic heterocycles. The van der Waals surface area contributed by atoms with E-state index < -0.39 is 17.9 Å². The molecule has 0 fully saturated rings. The third-order valence-electron chi connectivity index (χ3n) is 4.59. The van der Waals surface area contributed by atoms with Gasteiger partial charge in [0.15, 0.2) is 0 Å². The van der Waals surface area contributed by atoms with Gasteiger partial charge in [-0.25, -0.2) is 9.59 Å². The molecule has 0 heterocycles. The van der Waals surface area contributed by atoms with E-state index in [2.05, 4.69) is 0 Å². The van der Waals surface area contributed by atoms with E-state index in [9.17, 15) is 14.4 Å². The summed E-state index contributed by atoms with van der Waals surface area (Å²) in [5, 5.41) is 26.7. The second-order valence-corrected chi connectivity index (χ2v) is 6.96. The van der Waals surface area contributed by atoms with Crippen molar-refractivity contribution in [3.05, 3.63) is 34.9 Å². The summed E-state index contributed by atoms with van der Waals surface area (Å²) in [6, 6.07) is 4.30. The minimum absolute atomic E-state index is 0.0215. The topological polar surface area (TPSA) is 112 Å². The number of carboxylic acids is 3. The van der Waals surface area contributed by atoms with E-state index in [0.717, 1.165) is 56.9 Å². The SMILES string of the molecule is O=C(O)CCCCCCCCCCCCc1cc(C(=O)O)cc(C(=O)O)c1. The quantitative estimate of drug-likeness (QED) is 0.370. The van der Waals surface area contributed by atoms with Crippen LogP contribution in [-0.4, -0.2) is 33.2 Å². The minimum atomic E-state index is -1.11. The van der Waals surface area contributed by atoms with Gasteiger partial charge in [-0.2, -0.15) is 0 Å². The Morgan fingerprint density at radius 3 is 1.41 bits per heavy atom. The molecule has 0 aliphatic rings. The average Bonchev–Trinajstić information content (AvgIpc) is 2.62. The van der Waals surface area contributed by atoms with Gasteiger partial charge in [-0.05, 0) is 43.0 Å². The molecule has 0 saturated heterocycles. The first-order valence-corrected chi connectivity index (χ1v) is 9.72. The van der Waals surface area contributed by atoms with Crippen LogP contribution in [-0.2, 0) is 11.2 Å². The van der Waals surface area contributed by atoms with Crippen LogP contribution in [0.3, 0.4) is 0 Å². The lowest BCUT2D eigenvalue weighted by atomic mass is 10.00. The van der Waals surface area contributed by atoms with E-state index in [4.69, 9.17) is 15.3 Å². The van der Waals surface area contributed by atoms with E-state index in [1.807, 2.05) is 0 Å². The summed E-state index contributed by atoms with van der Waals surface area (Å²) >= 11 is 0. The van der Waals surface area contributed by atoms with Crippen molar-refractivity contribution in [1.82, 2.24) is 0 Å². The fraction of sp³-hybridized carbons (Fsp3) is 0.571. The van der Waals surface area contributed by atoms with Gasteiger partial charge in [0, 0.05) is 6.42 Å². The maximum Gasteiger partial charge on any atom is 0.335 e. The summed E-state index contributed by atoms with van der Waals surface area (Å²) in [5.41, 5.74) is 0.801. The van der Waals surface area contributed by atoms with Gasteiger partial charge < -0.3 is 15.3 Å². The Hall–Kier alpha value is -2.37. The lowest BCUT2D eigenvalue weighted by Crippen LogP contribution is -2.04. The van der Waals surface area contributed by atoms with Gasteiger partial charge in [-0.3, -0.25) is 4.79 Å². The monoisotopic (exact) mass is 378 g/mol. The molecular formula is C21H30O6. The normalized spacial score (nSPS) is 10.7. The molecule has 1 rings (SSSR count). The summed E-state index contributed by atoms with van der Waals surface area (Å²) in [5.74, 6) is -2.94. The summed E-state index contributed by atoms with van der Waals surface area (Å²) in [6.07, 6.45) is 11.5. The Balaban J connectivity index is 2.14. The second kappa shape index (κ2) is 12.9. The van der Waals surface area contributed by atoms with Gasteiger partial charge in [0.05, 0.1) is 11.1 Å². The third kappa shape index (κ3) is 10.4. The van der Waals surface area contributed by atoms with Gasteiger partial charge in [0.1, 0.15) is 0 Å². The van der Waals surface area contributed by atoms with E-state index in [1.165, 1.54) is 18.9 Å². The molecular weight excluding hydrogens is 348 g/mol. The summed E-state index contributed by atoms with van der Waals surface area (Å²) in [4.78, 5) is 32.6. The number of aromatic carboxylic acids is 2. The first-order valence-electron chi connectivity index (χ1n) is 9.72. The predicted molar refractivity (Wildman–Crippen MR) is 102 cm³/mol. The molecule has 0 amide bonds. The van der Waals surface area contributed by atoms with Crippen molar-refractivity contribution < 1.29 is 29.7 Å². The zero-order chi connectivity index (χ0) is 20.1. The van der Waals surface area contributed by atoms with Crippen LogP contribution in [0.4, 0.5) is 0 Å². The summed E-state index contributed by atoms with van der Waals surface area (Å²) < 4.78 is 0. The lowest BCUT2D eigenvalue weighted by molar-refractivity contribution is -0.137. The maximum absolute atomic E-state index is 11.1. The first kappa shape index (κ1) is 22.7. The van der Waals surface area contributed by atoms with Crippen molar-refractivity contribution in [2.75, 3.05) is 0 Å². The van der Waals surface area contributed by atoms with Gasteiger partial charge in [0.25, 0.3) is 0 Å². The van der Waals surface area contributed by atoms with Crippen LogP contribution in [0.15, 0.2) is 18.2 Å². The number of unbranched alkanes of at least 4 members (excludes halogenated alkanes) is 9. The molecule has 27 heavy (non-hydrogen) atoms. The van der Waals surface area contributed by atoms with Crippen molar-refractivity contribution >= 4 is 17.9 Å². The highest BCUT2D eigenvalue weighted by Crippen LogP contribution is 2.16. The fourth-order valence-electron chi connectivity index (χ4n) is 3.10. The second-order valence-electron chi connectivity index (χ2n) is 6.96. The predicted octanol–water partition coefficient (Wildman–Crippen LogP) is 5.00. The molecule has 3 N–H and O–H groups in total. The minimum Gasteiger partial charge on any atom is -0.481 e. The van der Waals surface area contributed by atoms with Crippen LogP contribution in [0.1, 0.15) is 96.9 Å². The number of benzene rings is 1. The van der Waals surface area contributed by atoms with E-state index in [-0.39, 0.29) is 17.5 Å². The Morgan fingerprint density at radius 1 is 0.593 bits per heavy atom. The third-order valence-corrected chi connectivity index (χ3v) is 4.59. The van der Waals surface area contributed by atoms with Crippen molar-refractivity contribution in [3.8, 4) is 0 Å². The van der Waals surface area contributed by atoms with Crippen molar-refractivity contribution in [1.29, 1.82) is 0 Å². The van der Waals surface area contributed by atoms with Crippen molar-refractivity contribution in [2.24, 2.45) is 0 Å². The molecule has 1 aromatic rings. The number of aliphatic carboxylic acids is 1. The van der Waals surface area contributed by atoms with E-state index in [0.29, 0.717) is 6.42 Å². The number of hydrogen-bond acceptors (Lipinski definition) is 3. The smallest absolute Gasteiger partial charge is 0.335 e. The molecule has 0 aliphatic heterocycles. The lowest BCUT2D eigenvalue weighted by Gasteiger charge is -2.06. The number of rotatable bonds is 15. The highest BCUT2D eigenvalue weighted by Gasteiger charge is 2.11. The van der Waals surface area contributed by atoms with Gasteiger partial charge in [0.2, 0.25) is 0 Å². The Labute approximate surface area is 160 Å². The highest BCUT2D eigenvalue weighted by atomic mass is 16.4. The average molecular weight is 378 g/mol. The largest absolute Gasteiger partial charge is 0.481 e. The fourth-order valence-corrected chi connectivity index (χ4v) is 3.10. The van der Waals surface area contributed by atoms with Crippen molar-refractivity contribution in [2.45, 2.75) is 77.0 Å². The molecule has 1 aromatic carbocycles. The molecule has 6 nitrogen and oxygen atoms in total.